The van der Waals surface area contributed by atoms with Crippen molar-refractivity contribution in [2.45, 2.75) is 6.92 Å². The number of carbonyl (C=O) groups is 1. The van der Waals surface area contributed by atoms with Gasteiger partial charge in [0.2, 0.25) is 0 Å². The Balaban J connectivity index is 0.00000144. The van der Waals surface area contributed by atoms with Gasteiger partial charge in [0, 0.05) is 6.20 Å². The fourth-order valence-electron chi connectivity index (χ4n) is 0.931. The zero-order valence-corrected chi connectivity index (χ0v) is 7.76. The van der Waals surface area contributed by atoms with E-state index in [0.717, 1.165) is 0 Å². The SMILES string of the molecule is Cc1ccnc(N)c1C(=O)NO.Cl. The third-order valence-electron chi connectivity index (χ3n) is 1.52. The Morgan fingerprint density at radius 1 is 1.69 bits per heavy atom. The number of aryl methyl sites for hydroxylation is 1. The molecule has 0 spiro atoms. The van der Waals surface area contributed by atoms with Crippen LogP contribution < -0.4 is 11.2 Å². The van der Waals surface area contributed by atoms with Gasteiger partial charge >= 0.3 is 0 Å². The van der Waals surface area contributed by atoms with Gasteiger partial charge in [0.25, 0.3) is 5.91 Å². The first-order valence-corrected chi connectivity index (χ1v) is 3.32. The second kappa shape index (κ2) is 4.64. The predicted octanol–water partition coefficient (Wildman–Crippen LogP) is 0.513. The number of hydrogen-bond acceptors (Lipinski definition) is 4. The van der Waals surface area contributed by atoms with Gasteiger partial charge in [-0.1, -0.05) is 0 Å². The molecular formula is C7H10ClN3O2. The molecule has 0 fully saturated rings. The van der Waals surface area contributed by atoms with Gasteiger partial charge in [-0.3, -0.25) is 10.0 Å². The zero-order chi connectivity index (χ0) is 9.14. The van der Waals surface area contributed by atoms with Crippen LogP contribution in [0.5, 0.6) is 0 Å². The van der Waals surface area contributed by atoms with E-state index in [-0.39, 0.29) is 23.8 Å². The summed E-state index contributed by atoms with van der Waals surface area (Å²) >= 11 is 0. The fraction of sp³-hybridized carbons (Fsp3) is 0.143. The summed E-state index contributed by atoms with van der Waals surface area (Å²) < 4.78 is 0. The summed E-state index contributed by atoms with van der Waals surface area (Å²) in [5.41, 5.74) is 7.80. The van der Waals surface area contributed by atoms with Gasteiger partial charge in [-0.25, -0.2) is 10.5 Å². The van der Waals surface area contributed by atoms with Crippen molar-refractivity contribution in [1.82, 2.24) is 10.5 Å². The molecule has 6 heteroatoms. The van der Waals surface area contributed by atoms with Crippen LogP contribution in [0.4, 0.5) is 5.82 Å². The standard InChI is InChI=1S/C7H9N3O2.ClH/c1-4-2-3-9-6(8)5(4)7(11)10-12;/h2-3,12H,1H3,(H2,8,9)(H,10,11);1H. The number of rotatable bonds is 1. The van der Waals surface area contributed by atoms with Crippen molar-refractivity contribution in [1.29, 1.82) is 0 Å². The summed E-state index contributed by atoms with van der Waals surface area (Å²) in [4.78, 5) is 14.7. The van der Waals surface area contributed by atoms with E-state index in [4.69, 9.17) is 10.9 Å². The second-order valence-corrected chi connectivity index (χ2v) is 2.33. The molecule has 72 valence electrons. The maximum absolute atomic E-state index is 11.0. The largest absolute Gasteiger partial charge is 0.383 e. The number of nitrogens with one attached hydrogen (secondary N) is 1. The van der Waals surface area contributed by atoms with Crippen LogP contribution >= 0.6 is 12.4 Å². The second-order valence-electron chi connectivity index (χ2n) is 2.33. The lowest BCUT2D eigenvalue weighted by Gasteiger charge is -2.04. The van der Waals surface area contributed by atoms with E-state index in [0.29, 0.717) is 5.56 Å². The molecule has 4 N–H and O–H groups in total. The molecule has 0 aliphatic heterocycles. The first-order chi connectivity index (χ1) is 5.66. The third-order valence-corrected chi connectivity index (χ3v) is 1.52. The number of hydroxylamine groups is 1. The average molecular weight is 204 g/mol. The van der Waals surface area contributed by atoms with E-state index in [2.05, 4.69) is 4.98 Å². The molecule has 0 bridgehead atoms. The minimum atomic E-state index is -0.641. The van der Waals surface area contributed by atoms with Crippen LogP contribution in [0.15, 0.2) is 12.3 Å². The lowest BCUT2D eigenvalue weighted by atomic mass is 10.1. The predicted molar refractivity (Wildman–Crippen MR) is 49.9 cm³/mol. The smallest absolute Gasteiger partial charge is 0.278 e. The zero-order valence-electron chi connectivity index (χ0n) is 6.94. The first-order valence-electron chi connectivity index (χ1n) is 3.32. The third kappa shape index (κ3) is 2.30. The van der Waals surface area contributed by atoms with Gasteiger partial charge in [-0.05, 0) is 18.6 Å². The van der Waals surface area contributed by atoms with Gasteiger partial charge in [-0.2, -0.15) is 0 Å². The van der Waals surface area contributed by atoms with Gasteiger partial charge in [0.1, 0.15) is 5.82 Å². The van der Waals surface area contributed by atoms with E-state index in [1.54, 1.807) is 13.0 Å². The number of hydrogen-bond donors (Lipinski definition) is 3. The van der Waals surface area contributed by atoms with Gasteiger partial charge in [-0.15, -0.1) is 12.4 Å². The molecule has 1 amide bonds. The van der Waals surface area contributed by atoms with E-state index >= 15 is 0 Å². The molecule has 13 heavy (non-hydrogen) atoms. The Bertz CT molecular complexity index is 296. The minimum Gasteiger partial charge on any atom is -0.383 e. The summed E-state index contributed by atoms with van der Waals surface area (Å²) in [7, 11) is 0. The molecule has 0 atom stereocenters. The number of nitrogens with two attached hydrogens (primary N) is 1. The van der Waals surface area contributed by atoms with Gasteiger partial charge < -0.3 is 5.73 Å². The normalized spacial score (nSPS) is 8.77. The fourth-order valence-corrected chi connectivity index (χ4v) is 0.931. The van der Waals surface area contributed by atoms with Crippen molar-refractivity contribution in [2.24, 2.45) is 0 Å². The van der Waals surface area contributed by atoms with Crippen LogP contribution in [0.2, 0.25) is 0 Å². The summed E-state index contributed by atoms with van der Waals surface area (Å²) in [6.07, 6.45) is 1.50. The Morgan fingerprint density at radius 3 is 2.77 bits per heavy atom. The molecule has 0 aliphatic rings. The van der Waals surface area contributed by atoms with Crippen LogP contribution in [0.3, 0.4) is 0 Å². The number of pyridine rings is 1. The summed E-state index contributed by atoms with van der Waals surface area (Å²) in [5.74, 6) is -0.528. The molecule has 0 saturated carbocycles. The molecule has 0 unspecified atom stereocenters. The van der Waals surface area contributed by atoms with Crippen LogP contribution in [-0.4, -0.2) is 16.1 Å². The molecule has 0 saturated heterocycles. The number of amides is 1. The molecule has 5 nitrogen and oxygen atoms in total. The monoisotopic (exact) mass is 203 g/mol. The van der Waals surface area contributed by atoms with Crippen molar-refractivity contribution < 1.29 is 10.0 Å². The molecule has 0 radical (unpaired) electrons. The minimum absolute atomic E-state index is 0. The Hall–Kier alpha value is -1.33. The van der Waals surface area contributed by atoms with E-state index in [9.17, 15) is 4.79 Å². The quantitative estimate of drug-likeness (QED) is 0.459. The summed E-state index contributed by atoms with van der Waals surface area (Å²) in [5, 5.41) is 8.35. The van der Waals surface area contributed by atoms with Crippen molar-refractivity contribution in [3.63, 3.8) is 0 Å². The lowest BCUT2D eigenvalue weighted by molar-refractivity contribution is 0.0706. The number of carbonyl (C=O) groups excluding carboxylic acids is 1. The van der Waals surface area contributed by atoms with Crippen LogP contribution in [0.25, 0.3) is 0 Å². The first kappa shape index (κ1) is 11.7. The van der Waals surface area contributed by atoms with E-state index in [1.165, 1.54) is 11.7 Å². The van der Waals surface area contributed by atoms with E-state index in [1.807, 2.05) is 0 Å². The number of aromatic nitrogens is 1. The number of anilines is 1. The Kier molecular flexibility index (Phi) is 4.16. The van der Waals surface area contributed by atoms with Crippen LogP contribution in [0, 0.1) is 6.92 Å². The van der Waals surface area contributed by atoms with Crippen LogP contribution in [0.1, 0.15) is 15.9 Å². The summed E-state index contributed by atoms with van der Waals surface area (Å²) in [6.45, 7) is 1.71. The van der Waals surface area contributed by atoms with Crippen LogP contribution in [-0.2, 0) is 0 Å². The highest BCUT2D eigenvalue weighted by molar-refractivity contribution is 5.98. The van der Waals surface area contributed by atoms with Gasteiger partial charge in [0.15, 0.2) is 0 Å². The van der Waals surface area contributed by atoms with Gasteiger partial charge in [0.05, 0.1) is 5.56 Å². The number of nitrogens with zero attached hydrogens (tertiary/aromatic N) is 1. The Morgan fingerprint density at radius 2 is 2.31 bits per heavy atom. The molecule has 1 aromatic heterocycles. The molecule has 1 rings (SSSR count). The molecular weight excluding hydrogens is 194 g/mol. The van der Waals surface area contributed by atoms with E-state index < -0.39 is 5.91 Å². The molecule has 1 heterocycles. The topological polar surface area (TPSA) is 88.2 Å². The molecule has 1 aromatic rings. The van der Waals surface area contributed by atoms with Crippen molar-refractivity contribution >= 4 is 24.1 Å². The number of nitrogen functional groups attached to an aromatic ring is 1. The number of halogens is 1. The lowest BCUT2D eigenvalue weighted by Crippen LogP contribution is -2.21. The van der Waals surface area contributed by atoms with Crippen molar-refractivity contribution in [3.8, 4) is 0 Å². The highest BCUT2D eigenvalue weighted by atomic mass is 35.5. The average Bonchev–Trinajstić information content (AvgIpc) is 2.03. The molecule has 0 aliphatic carbocycles. The molecule has 0 aromatic carbocycles. The maximum Gasteiger partial charge on any atom is 0.278 e. The highest BCUT2D eigenvalue weighted by Gasteiger charge is 2.11. The maximum atomic E-state index is 11.0. The van der Waals surface area contributed by atoms with Crippen molar-refractivity contribution in [2.75, 3.05) is 5.73 Å². The summed E-state index contributed by atoms with van der Waals surface area (Å²) in [6, 6.07) is 1.64. The highest BCUT2D eigenvalue weighted by Crippen LogP contribution is 2.12. The van der Waals surface area contributed by atoms with Crippen molar-refractivity contribution in [3.05, 3.63) is 23.4 Å². The Labute approximate surface area is 81.3 Å².